The van der Waals surface area contributed by atoms with Crippen molar-refractivity contribution < 1.29 is 19.0 Å². The number of carbonyl (C=O) groups is 1. The van der Waals surface area contributed by atoms with Crippen LogP contribution in [0.2, 0.25) is 0 Å². The molecule has 0 bridgehead atoms. The molecule has 0 aliphatic heterocycles. The average molecular weight is 357 g/mol. The van der Waals surface area contributed by atoms with Crippen LogP contribution in [0.1, 0.15) is 36.7 Å². The molecule has 140 valence electrons. The minimum absolute atomic E-state index is 0.0983. The third kappa shape index (κ3) is 4.91. The van der Waals surface area contributed by atoms with Crippen molar-refractivity contribution in [2.24, 2.45) is 0 Å². The minimum Gasteiger partial charge on any atom is -0.490 e. The Balaban J connectivity index is 2.32. The van der Waals surface area contributed by atoms with E-state index in [0.29, 0.717) is 49.2 Å². The van der Waals surface area contributed by atoms with Gasteiger partial charge in [0.15, 0.2) is 11.5 Å². The van der Waals surface area contributed by atoms with Crippen LogP contribution in [0, 0.1) is 0 Å². The van der Waals surface area contributed by atoms with Gasteiger partial charge in [-0.1, -0.05) is 30.3 Å². The molecule has 2 rings (SSSR count). The van der Waals surface area contributed by atoms with E-state index in [2.05, 4.69) is 0 Å². The van der Waals surface area contributed by atoms with Gasteiger partial charge in [0.2, 0.25) is 5.75 Å². The molecule has 5 nitrogen and oxygen atoms in total. The molecule has 0 spiro atoms. The van der Waals surface area contributed by atoms with Gasteiger partial charge >= 0.3 is 0 Å². The van der Waals surface area contributed by atoms with Gasteiger partial charge in [0.25, 0.3) is 5.91 Å². The fraction of sp³-hybridized carbons (Fsp3) is 0.381. The summed E-state index contributed by atoms with van der Waals surface area (Å²) in [6, 6.07) is 13.3. The first-order valence-electron chi connectivity index (χ1n) is 8.96. The number of benzene rings is 2. The summed E-state index contributed by atoms with van der Waals surface area (Å²) in [7, 11) is 1.78. The predicted molar refractivity (Wildman–Crippen MR) is 102 cm³/mol. The van der Waals surface area contributed by atoms with Gasteiger partial charge < -0.3 is 19.1 Å². The highest BCUT2D eigenvalue weighted by Crippen LogP contribution is 2.39. The maximum atomic E-state index is 12.9. The molecule has 0 fully saturated rings. The number of hydrogen-bond acceptors (Lipinski definition) is 4. The topological polar surface area (TPSA) is 48.0 Å². The van der Waals surface area contributed by atoms with Crippen LogP contribution in [0.4, 0.5) is 0 Å². The fourth-order valence-electron chi connectivity index (χ4n) is 2.66. The summed E-state index contributed by atoms with van der Waals surface area (Å²) in [4.78, 5) is 14.6. The van der Waals surface area contributed by atoms with Crippen molar-refractivity contribution in [3.63, 3.8) is 0 Å². The van der Waals surface area contributed by atoms with Crippen LogP contribution in [-0.4, -0.2) is 37.7 Å². The summed E-state index contributed by atoms with van der Waals surface area (Å²) in [5.41, 5.74) is 1.59. The highest BCUT2D eigenvalue weighted by atomic mass is 16.5. The van der Waals surface area contributed by atoms with Gasteiger partial charge in [-0.05, 0) is 38.5 Å². The Labute approximate surface area is 155 Å². The van der Waals surface area contributed by atoms with Crippen molar-refractivity contribution in [2.75, 3.05) is 26.9 Å². The van der Waals surface area contributed by atoms with Crippen molar-refractivity contribution in [3.8, 4) is 17.2 Å². The molecule has 0 unspecified atom stereocenters. The van der Waals surface area contributed by atoms with Crippen molar-refractivity contribution in [2.45, 2.75) is 27.3 Å². The fourth-order valence-corrected chi connectivity index (χ4v) is 2.66. The summed E-state index contributed by atoms with van der Waals surface area (Å²) < 4.78 is 17.1. The van der Waals surface area contributed by atoms with Crippen LogP contribution >= 0.6 is 0 Å². The first kappa shape index (κ1) is 19.6. The zero-order chi connectivity index (χ0) is 18.9. The third-order valence-corrected chi connectivity index (χ3v) is 3.77. The molecular formula is C21H27NO4. The number of rotatable bonds is 9. The molecule has 1 amide bonds. The number of hydrogen-bond donors (Lipinski definition) is 0. The molecule has 0 atom stereocenters. The molecule has 2 aromatic rings. The second kappa shape index (κ2) is 9.70. The van der Waals surface area contributed by atoms with E-state index in [1.54, 1.807) is 24.1 Å². The molecule has 2 aromatic carbocycles. The second-order valence-corrected chi connectivity index (χ2v) is 5.75. The van der Waals surface area contributed by atoms with Crippen LogP contribution in [0.15, 0.2) is 42.5 Å². The Morgan fingerprint density at radius 1 is 0.885 bits per heavy atom. The lowest BCUT2D eigenvalue weighted by Crippen LogP contribution is -2.26. The Bertz CT molecular complexity index is 688. The number of nitrogens with zero attached hydrogens (tertiary/aromatic N) is 1. The van der Waals surface area contributed by atoms with Gasteiger partial charge in [-0.25, -0.2) is 0 Å². The molecule has 0 aliphatic rings. The largest absolute Gasteiger partial charge is 0.490 e. The van der Waals surface area contributed by atoms with Crippen LogP contribution in [0.5, 0.6) is 17.2 Å². The number of carbonyl (C=O) groups excluding carboxylic acids is 1. The maximum absolute atomic E-state index is 12.9. The molecule has 0 aliphatic carbocycles. The molecule has 5 heteroatoms. The minimum atomic E-state index is -0.0983. The molecular weight excluding hydrogens is 330 g/mol. The van der Waals surface area contributed by atoms with E-state index in [4.69, 9.17) is 14.2 Å². The quantitative estimate of drug-likeness (QED) is 0.676. The van der Waals surface area contributed by atoms with Crippen molar-refractivity contribution in [1.29, 1.82) is 0 Å². The van der Waals surface area contributed by atoms with Crippen LogP contribution < -0.4 is 14.2 Å². The predicted octanol–water partition coefficient (Wildman–Crippen LogP) is 4.15. The first-order chi connectivity index (χ1) is 12.6. The molecule has 0 heterocycles. The van der Waals surface area contributed by atoms with E-state index in [1.807, 2.05) is 51.1 Å². The van der Waals surface area contributed by atoms with Gasteiger partial charge in [0.05, 0.1) is 19.8 Å². The summed E-state index contributed by atoms with van der Waals surface area (Å²) in [5.74, 6) is 1.49. The molecule has 0 saturated heterocycles. The molecule has 0 radical (unpaired) electrons. The summed E-state index contributed by atoms with van der Waals surface area (Å²) >= 11 is 0. The SMILES string of the molecule is CCOc1cc(C(=O)N(C)Cc2ccccc2)cc(OCC)c1OCC. The van der Waals surface area contributed by atoms with Crippen LogP contribution in [0.3, 0.4) is 0 Å². The molecule has 26 heavy (non-hydrogen) atoms. The normalized spacial score (nSPS) is 10.3. The van der Waals surface area contributed by atoms with E-state index in [0.717, 1.165) is 5.56 Å². The molecule has 0 saturated carbocycles. The van der Waals surface area contributed by atoms with Crippen LogP contribution in [0.25, 0.3) is 0 Å². The van der Waals surface area contributed by atoms with Crippen molar-refractivity contribution >= 4 is 5.91 Å². The Morgan fingerprint density at radius 2 is 1.42 bits per heavy atom. The van der Waals surface area contributed by atoms with Gasteiger partial charge in [-0.3, -0.25) is 4.79 Å². The standard InChI is InChI=1S/C21H27NO4/c1-5-24-18-13-17(14-19(25-6-2)20(18)26-7-3)21(23)22(4)15-16-11-9-8-10-12-16/h8-14H,5-7,15H2,1-4H3. The first-order valence-corrected chi connectivity index (χ1v) is 8.96. The van der Waals surface area contributed by atoms with E-state index >= 15 is 0 Å². The zero-order valence-electron chi connectivity index (χ0n) is 16.0. The lowest BCUT2D eigenvalue weighted by Gasteiger charge is -2.20. The van der Waals surface area contributed by atoms with E-state index in [-0.39, 0.29) is 5.91 Å². The van der Waals surface area contributed by atoms with E-state index in [9.17, 15) is 4.79 Å². The monoisotopic (exact) mass is 357 g/mol. The lowest BCUT2D eigenvalue weighted by atomic mass is 10.1. The summed E-state index contributed by atoms with van der Waals surface area (Å²) in [5, 5.41) is 0. The number of ether oxygens (including phenoxy) is 3. The van der Waals surface area contributed by atoms with E-state index < -0.39 is 0 Å². The van der Waals surface area contributed by atoms with Crippen molar-refractivity contribution in [1.82, 2.24) is 4.90 Å². The highest BCUT2D eigenvalue weighted by molar-refractivity contribution is 5.95. The molecule has 0 aromatic heterocycles. The lowest BCUT2D eigenvalue weighted by molar-refractivity contribution is 0.0784. The van der Waals surface area contributed by atoms with Gasteiger partial charge in [-0.2, -0.15) is 0 Å². The van der Waals surface area contributed by atoms with Gasteiger partial charge in [0, 0.05) is 19.2 Å². The van der Waals surface area contributed by atoms with Gasteiger partial charge in [-0.15, -0.1) is 0 Å². The van der Waals surface area contributed by atoms with E-state index in [1.165, 1.54) is 0 Å². The molecule has 0 N–H and O–H groups in total. The Hall–Kier alpha value is -2.69. The Morgan fingerprint density at radius 3 is 1.92 bits per heavy atom. The smallest absolute Gasteiger partial charge is 0.254 e. The highest BCUT2D eigenvalue weighted by Gasteiger charge is 2.20. The summed E-state index contributed by atoms with van der Waals surface area (Å²) in [6.45, 7) is 7.66. The van der Waals surface area contributed by atoms with Crippen molar-refractivity contribution in [3.05, 3.63) is 53.6 Å². The maximum Gasteiger partial charge on any atom is 0.254 e. The Kier molecular flexibility index (Phi) is 7.33. The summed E-state index contributed by atoms with van der Waals surface area (Å²) in [6.07, 6.45) is 0. The average Bonchev–Trinajstić information content (AvgIpc) is 2.64. The van der Waals surface area contributed by atoms with Gasteiger partial charge in [0.1, 0.15) is 0 Å². The zero-order valence-corrected chi connectivity index (χ0v) is 16.0. The second-order valence-electron chi connectivity index (χ2n) is 5.75. The van der Waals surface area contributed by atoms with Crippen LogP contribution in [-0.2, 0) is 6.54 Å². The third-order valence-electron chi connectivity index (χ3n) is 3.77. The number of amides is 1.